The summed E-state index contributed by atoms with van der Waals surface area (Å²) in [4.78, 5) is 71.1. The van der Waals surface area contributed by atoms with Crippen molar-refractivity contribution in [3.63, 3.8) is 0 Å². The van der Waals surface area contributed by atoms with E-state index in [4.69, 9.17) is 4.74 Å². The fourth-order valence-electron chi connectivity index (χ4n) is 8.22. The number of phenols is 1. The highest BCUT2D eigenvalue weighted by molar-refractivity contribution is 6.25. The number of benzene rings is 3. The van der Waals surface area contributed by atoms with E-state index in [-0.39, 0.29) is 41.6 Å². The zero-order valence-electron chi connectivity index (χ0n) is 25.1. The summed E-state index contributed by atoms with van der Waals surface area (Å²) in [5.41, 5.74) is 1.57. The highest BCUT2D eigenvalue weighted by Crippen LogP contribution is 2.64. The summed E-state index contributed by atoms with van der Waals surface area (Å²) in [6, 6.07) is 19.9. The van der Waals surface area contributed by atoms with Gasteiger partial charge in [0.1, 0.15) is 11.5 Å². The Bertz CT molecular complexity index is 1810. The molecule has 7 rings (SSSR count). The number of imide groups is 2. The van der Waals surface area contributed by atoms with Gasteiger partial charge in [-0.25, -0.2) is 4.90 Å². The van der Waals surface area contributed by atoms with E-state index in [9.17, 15) is 29.1 Å². The molecular formula is C36H32N2O7. The standard InChI is InChI=1S/C36H32N2O7/c1-19(39)20-9-11-22(12-10-20)37-32(41)26-16-15-24-27(30(26)34(37)43)18-28-33(42)38(21-7-5-4-6-8-21)35(44)36(28,2)31(24)25-14-13-23(40)17-29(25)45-3/h4-15,17,26-28,30-31,40H,16,18H2,1-3H3/t26-,27+,28-,30-,31+,36+/m0/s1. The molecule has 228 valence electrons. The van der Waals surface area contributed by atoms with Gasteiger partial charge in [0, 0.05) is 23.1 Å². The lowest BCUT2D eigenvalue weighted by atomic mass is 9.51. The molecule has 0 spiro atoms. The van der Waals surface area contributed by atoms with Gasteiger partial charge in [0.05, 0.1) is 41.7 Å². The molecule has 1 saturated carbocycles. The average Bonchev–Trinajstić information content (AvgIpc) is 3.41. The zero-order valence-corrected chi connectivity index (χ0v) is 25.1. The summed E-state index contributed by atoms with van der Waals surface area (Å²) >= 11 is 0. The molecule has 2 saturated heterocycles. The first kappa shape index (κ1) is 28.7. The van der Waals surface area contributed by atoms with Crippen LogP contribution in [0, 0.1) is 29.1 Å². The first-order valence-electron chi connectivity index (χ1n) is 15.1. The van der Waals surface area contributed by atoms with Crippen LogP contribution in [0.4, 0.5) is 11.4 Å². The lowest BCUT2D eigenvalue weighted by Crippen LogP contribution is -2.49. The number of ketones is 1. The Labute approximate surface area is 260 Å². The number of Topliss-reactive ketones (excluding diaryl/α,β-unsaturated/α-hetero) is 1. The van der Waals surface area contributed by atoms with E-state index in [2.05, 4.69) is 0 Å². The monoisotopic (exact) mass is 604 g/mol. The second-order valence-electron chi connectivity index (χ2n) is 12.5. The van der Waals surface area contributed by atoms with Crippen molar-refractivity contribution in [1.82, 2.24) is 0 Å². The molecule has 3 fully saturated rings. The maximum Gasteiger partial charge on any atom is 0.241 e. The highest BCUT2D eigenvalue weighted by Gasteiger charge is 2.68. The van der Waals surface area contributed by atoms with Gasteiger partial charge in [-0.3, -0.25) is 28.9 Å². The first-order chi connectivity index (χ1) is 21.6. The van der Waals surface area contributed by atoms with E-state index in [0.717, 1.165) is 5.57 Å². The van der Waals surface area contributed by atoms with Crippen LogP contribution in [0.3, 0.4) is 0 Å². The van der Waals surface area contributed by atoms with Gasteiger partial charge < -0.3 is 9.84 Å². The number of ether oxygens (including phenoxy) is 1. The molecule has 2 aliphatic heterocycles. The Balaban J connectivity index is 1.36. The van der Waals surface area contributed by atoms with E-state index in [1.807, 2.05) is 19.1 Å². The number of phenolic OH excluding ortho intramolecular Hbond substituents is 1. The number of nitrogens with zero attached hydrogens (tertiary/aromatic N) is 2. The third-order valence-corrected chi connectivity index (χ3v) is 10.3. The van der Waals surface area contributed by atoms with Crippen LogP contribution < -0.4 is 14.5 Å². The van der Waals surface area contributed by atoms with Crippen molar-refractivity contribution in [2.45, 2.75) is 32.6 Å². The van der Waals surface area contributed by atoms with Gasteiger partial charge in [-0.1, -0.05) is 35.9 Å². The molecule has 1 N–H and O–H groups in total. The lowest BCUT2D eigenvalue weighted by Gasteiger charge is -2.49. The van der Waals surface area contributed by atoms with E-state index < -0.39 is 35.0 Å². The Kier molecular flexibility index (Phi) is 6.54. The fraction of sp³-hybridized carbons (Fsp3) is 0.306. The van der Waals surface area contributed by atoms with Gasteiger partial charge in [0.2, 0.25) is 23.6 Å². The molecule has 45 heavy (non-hydrogen) atoms. The van der Waals surface area contributed by atoms with Crippen LogP contribution in [-0.2, 0) is 19.2 Å². The second-order valence-corrected chi connectivity index (χ2v) is 12.5. The van der Waals surface area contributed by atoms with Crippen LogP contribution in [0.25, 0.3) is 0 Å². The number of carbonyl (C=O) groups is 5. The van der Waals surface area contributed by atoms with Crippen molar-refractivity contribution >= 4 is 40.8 Å². The summed E-state index contributed by atoms with van der Waals surface area (Å²) in [5.74, 6) is -4.39. The molecule has 6 atom stereocenters. The SMILES string of the molecule is COc1cc(O)ccc1[C@H]1C2=CC[C@@H]3C(=O)N(c4ccc(C(C)=O)cc4)C(=O)[C@@H]3[C@@H]2C[C@H]2C(=O)N(c3ccccc3)C(=O)[C@@]12C. The van der Waals surface area contributed by atoms with Gasteiger partial charge in [-0.2, -0.15) is 0 Å². The van der Waals surface area contributed by atoms with Crippen molar-refractivity contribution in [2.75, 3.05) is 16.9 Å². The molecule has 2 heterocycles. The summed E-state index contributed by atoms with van der Waals surface area (Å²) in [6.45, 7) is 3.26. The quantitative estimate of drug-likeness (QED) is 0.246. The van der Waals surface area contributed by atoms with E-state index in [1.165, 1.54) is 36.0 Å². The van der Waals surface area contributed by atoms with Crippen molar-refractivity contribution in [2.24, 2.45) is 29.1 Å². The largest absolute Gasteiger partial charge is 0.508 e. The van der Waals surface area contributed by atoms with Crippen LogP contribution in [0.2, 0.25) is 0 Å². The first-order valence-corrected chi connectivity index (χ1v) is 15.1. The molecular weight excluding hydrogens is 572 g/mol. The smallest absolute Gasteiger partial charge is 0.241 e. The van der Waals surface area contributed by atoms with Gasteiger partial charge in [0.25, 0.3) is 0 Å². The Morgan fingerprint density at radius 3 is 2.22 bits per heavy atom. The van der Waals surface area contributed by atoms with Crippen molar-refractivity contribution in [3.05, 3.63) is 95.6 Å². The van der Waals surface area contributed by atoms with Gasteiger partial charge in [-0.05, 0) is 75.1 Å². The molecule has 0 radical (unpaired) electrons. The Morgan fingerprint density at radius 1 is 0.867 bits per heavy atom. The number of allylic oxidation sites excluding steroid dienone is 2. The fourth-order valence-corrected chi connectivity index (χ4v) is 8.22. The minimum atomic E-state index is -1.22. The molecule has 2 aliphatic carbocycles. The number of anilines is 2. The van der Waals surface area contributed by atoms with Crippen molar-refractivity contribution < 1.29 is 33.8 Å². The van der Waals surface area contributed by atoms with Crippen LogP contribution >= 0.6 is 0 Å². The lowest BCUT2D eigenvalue weighted by molar-refractivity contribution is -0.131. The highest BCUT2D eigenvalue weighted by atomic mass is 16.5. The van der Waals surface area contributed by atoms with E-state index in [0.29, 0.717) is 34.7 Å². The molecule has 3 aromatic rings. The average molecular weight is 605 g/mol. The second kappa shape index (κ2) is 10.3. The normalized spacial score (nSPS) is 28.9. The summed E-state index contributed by atoms with van der Waals surface area (Å²) < 4.78 is 5.70. The van der Waals surface area contributed by atoms with E-state index in [1.54, 1.807) is 54.6 Å². The maximum absolute atomic E-state index is 14.5. The van der Waals surface area contributed by atoms with Gasteiger partial charge >= 0.3 is 0 Å². The summed E-state index contributed by atoms with van der Waals surface area (Å²) in [5, 5.41) is 10.3. The molecule has 9 heteroatoms. The minimum Gasteiger partial charge on any atom is -0.508 e. The number of hydrogen-bond acceptors (Lipinski definition) is 7. The van der Waals surface area contributed by atoms with Crippen molar-refractivity contribution in [3.8, 4) is 11.5 Å². The third-order valence-electron chi connectivity index (χ3n) is 10.3. The molecule has 3 aromatic carbocycles. The van der Waals surface area contributed by atoms with Gasteiger partial charge in [-0.15, -0.1) is 0 Å². The molecule has 4 aliphatic rings. The molecule has 4 amide bonds. The third kappa shape index (κ3) is 4.02. The number of fused-ring (bicyclic) bond motifs is 4. The number of methoxy groups -OCH3 is 1. The van der Waals surface area contributed by atoms with Crippen molar-refractivity contribution in [1.29, 1.82) is 0 Å². The molecule has 0 aromatic heterocycles. The predicted octanol–water partition coefficient (Wildman–Crippen LogP) is 5.04. The van der Waals surface area contributed by atoms with Crippen LogP contribution in [0.1, 0.15) is 48.5 Å². The van der Waals surface area contributed by atoms with Crippen LogP contribution in [0.15, 0.2) is 84.4 Å². The maximum atomic E-state index is 14.5. The number of amides is 4. The van der Waals surface area contributed by atoms with Crippen LogP contribution in [0.5, 0.6) is 11.5 Å². The number of hydrogen-bond donors (Lipinski definition) is 1. The topological polar surface area (TPSA) is 121 Å². The van der Waals surface area contributed by atoms with Crippen LogP contribution in [-0.4, -0.2) is 41.6 Å². The number of carbonyl (C=O) groups excluding carboxylic acids is 5. The zero-order chi connectivity index (χ0) is 31.8. The molecule has 9 nitrogen and oxygen atoms in total. The van der Waals surface area contributed by atoms with Gasteiger partial charge in [0.15, 0.2) is 5.78 Å². The molecule has 0 bridgehead atoms. The number of aromatic hydroxyl groups is 1. The molecule has 0 unspecified atom stereocenters. The minimum absolute atomic E-state index is 0.00918. The number of rotatable bonds is 5. The van der Waals surface area contributed by atoms with E-state index >= 15 is 0 Å². The Morgan fingerprint density at radius 2 is 1.56 bits per heavy atom. The predicted molar refractivity (Wildman–Crippen MR) is 165 cm³/mol. The summed E-state index contributed by atoms with van der Waals surface area (Å²) in [7, 11) is 1.48. The number of para-hydroxylation sites is 1. The Hall–Kier alpha value is -5.05. The summed E-state index contributed by atoms with van der Waals surface area (Å²) in [6.07, 6.45) is 2.50.